The van der Waals surface area contributed by atoms with Crippen LogP contribution in [0, 0.1) is 6.92 Å². The molecule has 0 saturated carbocycles. The Balaban J connectivity index is 2.49. The number of aryl methyl sites for hydroxylation is 1. The zero-order valence-corrected chi connectivity index (χ0v) is 13.8. The number of hydrogen-bond acceptors (Lipinski definition) is 1. The second-order valence-corrected chi connectivity index (χ2v) is 7.34. The molecule has 0 spiro atoms. The first-order chi connectivity index (χ1) is 9.78. The van der Waals surface area contributed by atoms with E-state index < -0.39 is 0 Å². The largest absolute Gasteiger partial charge is 0.0899 e. The van der Waals surface area contributed by atoms with Crippen LogP contribution >= 0.6 is 0 Å². The maximum absolute atomic E-state index is 8.33. The zero-order valence-electron chi connectivity index (χ0n) is 13.8. The fourth-order valence-electron chi connectivity index (χ4n) is 3.18. The highest BCUT2D eigenvalue weighted by Gasteiger charge is 2.37. The maximum Gasteiger partial charge on any atom is 0.0443 e. The summed E-state index contributed by atoms with van der Waals surface area (Å²) >= 11 is 0. The standard InChI is InChI=1S/C18H25N3/c1-13-11-15-16(12-14(13)7-6-10-20-21-19)18(4,5)9-8-17(15,2)3/h6-7,11-12H,8-10H2,1-5H3. The molecule has 2 rings (SSSR count). The molecule has 0 unspecified atom stereocenters. The first kappa shape index (κ1) is 15.7. The second kappa shape index (κ2) is 5.57. The molecule has 0 heterocycles. The second-order valence-electron chi connectivity index (χ2n) is 7.34. The van der Waals surface area contributed by atoms with Crippen LogP contribution in [0.1, 0.15) is 62.8 Å². The van der Waals surface area contributed by atoms with Crippen molar-refractivity contribution >= 4 is 6.08 Å². The van der Waals surface area contributed by atoms with E-state index in [-0.39, 0.29) is 10.8 Å². The van der Waals surface area contributed by atoms with Crippen LogP contribution in [-0.2, 0) is 10.8 Å². The minimum Gasteiger partial charge on any atom is -0.0899 e. The molecule has 1 aliphatic rings. The van der Waals surface area contributed by atoms with E-state index >= 15 is 0 Å². The van der Waals surface area contributed by atoms with Gasteiger partial charge in [0.15, 0.2) is 0 Å². The molecule has 3 heteroatoms. The van der Waals surface area contributed by atoms with Gasteiger partial charge in [-0.15, -0.1) is 0 Å². The third kappa shape index (κ3) is 3.14. The summed E-state index contributed by atoms with van der Waals surface area (Å²) in [5.74, 6) is 0. The Morgan fingerprint density at radius 1 is 1.14 bits per heavy atom. The van der Waals surface area contributed by atoms with Crippen molar-refractivity contribution in [1.82, 2.24) is 0 Å². The molecule has 0 aromatic heterocycles. The highest BCUT2D eigenvalue weighted by molar-refractivity contribution is 5.59. The lowest BCUT2D eigenvalue weighted by molar-refractivity contribution is 0.331. The van der Waals surface area contributed by atoms with Crippen LogP contribution in [0.2, 0.25) is 0 Å². The van der Waals surface area contributed by atoms with Gasteiger partial charge in [-0.2, -0.15) is 0 Å². The molecule has 3 nitrogen and oxygen atoms in total. The van der Waals surface area contributed by atoms with Gasteiger partial charge in [-0.1, -0.05) is 57.1 Å². The molecule has 21 heavy (non-hydrogen) atoms. The summed E-state index contributed by atoms with van der Waals surface area (Å²) < 4.78 is 0. The maximum atomic E-state index is 8.33. The summed E-state index contributed by atoms with van der Waals surface area (Å²) in [4.78, 5) is 2.78. The first-order valence-electron chi connectivity index (χ1n) is 7.61. The Hall–Kier alpha value is -1.73. The van der Waals surface area contributed by atoms with E-state index in [0.717, 1.165) is 0 Å². The number of fused-ring (bicyclic) bond motifs is 1. The SMILES string of the molecule is Cc1cc2c(cc1C=CCN=[N+]=[N-])C(C)(C)CCC2(C)C. The molecule has 0 fully saturated rings. The summed E-state index contributed by atoms with van der Waals surface area (Å²) in [6.07, 6.45) is 6.45. The van der Waals surface area contributed by atoms with Crippen molar-refractivity contribution < 1.29 is 0 Å². The molecular weight excluding hydrogens is 258 g/mol. The van der Waals surface area contributed by atoms with Crippen LogP contribution in [0.25, 0.3) is 16.5 Å². The molecule has 0 saturated heterocycles. The van der Waals surface area contributed by atoms with E-state index in [1.54, 1.807) is 0 Å². The lowest BCUT2D eigenvalue weighted by Gasteiger charge is -2.42. The van der Waals surface area contributed by atoms with Gasteiger partial charge in [0.25, 0.3) is 0 Å². The van der Waals surface area contributed by atoms with E-state index in [9.17, 15) is 0 Å². The van der Waals surface area contributed by atoms with E-state index in [1.165, 1.54) is 35.1 Å². The summed E-state index contributed by atoms with van der Waals surface area (Å²) in [5.41, 5.74) is 14.3. The fraction of sp³-hybridized carbons (Fsp3) is 0.556. The van der Waals surface area contributed by atoms with Gasteiger partial charge in [-0.3, -0.25) is 0 Å². The molecular formula is C18H25N3. The van der Waals surface area contributed by atoms with Crippen molar-refractivity contribution in [1.29, 1.82) is 0 Å². The third-order valence-corrected chi connectivity index (χ3v) is 4.79. The van der Waals surface area contributed by atoms with E-state index in [0.29, 0.717) is 6.54 Å². The predicted molar refractivity (Wildman–Crippen MR) is 89.5 cm³/mol. The average molecular weight is 283 g/mol. The molecule has 0 aliphatic heterocycles. The van der Waals surface area contributed by atoms with Crippen molar-refractivity contribution in [2.45, 2.75) is 58.3 Å². The Labute approximate surface area is 127 Å². The van der Waals surface area contributed by atoms with Crippen LogP contribution in [0.15, 0.2) is 23.3 Å². The van der Waals surface area contributed by atoms with E-state index in [4.69, 9.17) is 5.53 Å². The Kier molecular flexibility index (Phi) is 4.15. The smallest absolute Gasteiger partial charge is 0.0443 e. The third-order valence-electron chi connectivity index (χ3n) is 4.79. The Morgan fingerprint density at radius 2 is 1.71 bits per heavy atom. The number of hydrogen-bond donors (Lipinski definition) is 0. The number of benzene rings is 1. The molecule has 0 amide bonds. The van der Waals surface area contributed by atoms with Crippen LogP contribution in [0.3, 0.4) is 0 Å². The van der Waals surface area contributed by atoms with Gasteiger partial charge in [-0.25, -0.2) is 0 Å². The monoisotopic (exact) mass is 283 g/mol. The van der Waals surface area contributed by atoms with Crippen molar-refractivity contribution in [3.05, 3.63) is 50.9 Å². The molecule has 0 atom stereocenters. The van der Waals surface area contributed by atoms with Crippen molar-refractivity contribution in [2.75, 3.05) is 6.54 Å². The molecule has 0 radical (unpaired) electrons. The highest BCUT2D eigenvalue weighted by atomic mass is 15.1. The normalized spacial score (nSPS) is 19.1. The van der Waals surface area contributed by atoms with Crippen molar-refractivity contribution in [2.24, 2.45) is 5.11 Å². The number of nitrogens with zero attached hydrogens (tertiary/aromatic N) is 3. The molecule has 1 aromatic carbocycles. The van der Waals surface area contributed by atoms with Gasteiger partial charge in [0.1, 0.15) is 0 Å². The van der Waals surface area contributed by atoms with Crippen molar-refractivity contribution in [3.8, 4) is 0 Å². The fourth-order valence-corrected chi connectivity index (χ4v) is 3.18. The predicted octanol–water partition coefficient (Wildman–Crippen LogP) is 5.67. The molecule has 1 aromatic rings. The van der Waals surface area contributed by atoms with Crippen LogP contribution < -0.4 is 0 Å². The Morgan fingerprint density at radius 3 is 2.29 bits per heavy atom. The summed E-state index contributed by atoms with van der Waals surface area (Å²) in [7, 11) is 0. The number of azide groups is 1. The van der Waals surface area contributed by atoms with Crippen LogP contribution in [0.5, 0.6) is 0 Å². The van der Waals surface area contributed by atoms with E-state index in [2.05, 4.69) is 62.9 Å². The van der Waals surface area contributed by atoms with E-state index in [1.807, 2.05) is 6.08 Å². The zero-order chi connectivity index (χ0) is 15.7. The van der Waals surface area contributed by atoms with Gasteiger partial charge in [0.2, 0.25) is 0 Å². The topological polar surface area (TPSA) is 48.8 Å². The van der Waals surface area contributed by atoms with Crippen LogP contribution in [0.4, 0.5) is 0 Å². The van der Waals surface area contributed by atoms with Gasteiger partial charge < -0.3 is 0 Å². The summed E-state index contributed by atoms with van der Waals surface area (Å²) in [6, 6.07) is 4.68. The van der Waals surface area contributed by atoms with Gasteiger partial charge in [-0.05, 0) is 58.4 Å². The minimum absolute atomic E-state index is 0.228. The van der Waals surface area contributed by atoms with Gasteiger partial charge >= 0.3 is 0 Å². The highest BCUT2D eigenvalue weighted by Crippen LogP contribution is 2.46. The van der Waals surface area contributed by atoms with Gasteiger partial charge in [0, 0.05) is 11.5 Å². The van der Waals surface area contributed by atoms with Gasteiger partial charge in [0.05, 0.1) is 0 Å². The quantitative estimate of drug-likeness (QED) is 0.390. The van der Waals surface area contributed by atoms with Crippen molar-refractivity contribution in [3.63, 3.8) is 0 Å². The first-order valence-corrected chi connectivity index (χ1v) is 7.61. The summed E-state index contributed by atoms with van der Waals surface area (Å²) in [5, 5.41) is 3.55. The Bertz CT molecular complexity index is 618. The molecule has 0 N–H and O–H groups in total. The average Bonchev–Trinajstić information content (AvgIpc) is 2.41. The molecule has 112 valence electrons. The van der Waals surface area contributed by atoms with Crippen LogP contribution in [-0.4, -0.2) is 6.54 Å². The summed E-state index contributed by atoms with van der Waals surface area (Å²) in [6.45, 7) is 11.9. The minimum atomic E-state index is 0.228. The number of rotatable bonds is 3. The lowest BCUT2D eigenvalue weighted by atomic mass is 9.62. The molecule has 0 bridgehead atoms. The lowest BCUT2D eigenvalue weighted by Crippen LogP contribution is -2.34. The molecule has 1 aliphatic carbocycles.